The number of likely N-dealkylation sites (tertiary alicyclic amines) is 1. The fourth-order valence-electron chi connectivity index (χ4n) is 5.03. The third kappa shape index (κ3) is 3.64. The fraction of sp³-hybridized carbons (Fsp3) is 0.360. The van der Waals surface area contributed by atoms with Crippen molar-refractivity contribution < 1.29 is 18.0 Å². The first kappa shape index (κ1) is 22.5. The molecule has 4 aromatic rings. The van der Waals surface area contributed by atoms with E-state index in [-0.39, 0.29) is 22.6 Å². The quantitative estimate of drug-likeness (QED) is 0.469. The lowest BCUT2D eigenvalue weighted by Gasteiger charge is -2.31. The number of imidazole rings is 1. The highest BCUT2D eigenvalue weighted by atomic mass is 19.4. The Hall–Kier alpha value is -3.33. The summed E-state index contributed by atoms with van der Waals surface area (Å²) in [7, 11) is 1.59. The van der Waals surface area contributed by atoms with Crippen molar-refractivity contribution in [3.63, 3.8) is 0 Å². The predicted octanol–water partition coefficient (Wildman–Crippen LogP) is 4.80. The summed E-state index contributed by atoms with van der Waals surface area (Å²) in [6, 6.07) is 12.0. The molecular weight excluding hydrogens is 443 g/mol. The van der Waals surface area contributed by atoms with E-state index in [1.807, 2.05) is 41.8 Å². The summed E-state index contributed by atoms with van der Waals surface area (Å²) in [4.78, 5) is 19.3. The molecule has 1 atom stereocenters. The molecule has 6 nitrogen and oxygen atoms in total. The monoisotopic (exact) mass is 469 g/mol. The Morgan fingerprint density at radius 3 is 2.68 bits per heavy atom. The first-order valence-corrected chi connectivity index (χ1v) is 11.4. The van der Waals surface area contributed by atoms with Crippen LogP contribution >= 0.6 is 0 Å². The number of carbonyl (C=O) groups excluding carboxylic acids is 1. The molecule has 3 heterocycles. The molecule has 34 heavy (non-hydrogen) atoms. The Balaban J connectivity index is 1.70. The zero-order chi connectivity index (χ0) is 24.2. The van der Waals surface area contributed by atoms with Crippen molar-refractivity contribution in [1.82, 2.24) is 19.0 Å². The van der Waals surface area contributed by atoms with Crippen LogP contribution in [0.1, 0.15) is 35.7 Å². The van der Waals surface area contributed by atoms with E-state index in [0.29, 0.717) is 25.5 Å². The standard InChI is InChI=1S/C25H26F3N5O/c1-3-33-20-9-5-4-7-15(20)13-21(33)23-30-19-12-16(24(34)32-10-6-8-17(29)14-32)11-18(25(26,27)28)22(19)31(23)2/h4-5,7,9,11-13,17H,3,6,8,10,14,29H2,1-2H3/t17-/m1/s1. The third-order valence-corrected chi connectivity index (χ3v) is 6.62. The predicted molar refractivity (Wildman–Crippen MR) is 125 cm³/mol. The molecule has 0 bridgehead atoms. The largest absolute Gasteiger partial charge is 0.418 e. The molecule has 1 amide bonds. The minimum atomic E-state index is -4.64. The number of benzene rings is 2. The summed E-state index contributed by atoms with van der Waals surface area (Å²) in [6.45, 7) is 3.44. The topological polar surface area (TPSA) is 69.1 Å². The first-order chi connectivity index (χ1) is 16.2. The zero-order valence-corrected chi connectivity index (χ0v) is 19.1. The Morgan fingerprint density at radius 2 is 1.97 bits per heavy atom. The van der Waals surface area contributed by atoms with Gasteiger partial charge in [-0.1, -0.05) is 18.2 Å². The van der Waals surface area contributed by atoms with E-state index in [0.717, 1.165) is 35.5 Å². The van der Waals surface area contributed by atoms with Crippen molar-refractivity contribution in [1.29, 1.82) is 0 Å². The van der Waals surface area contributed by atoms with Gasteiger partial charge in [0, 0.05) is 49.2 Å². The lowest BCUT2D eigenvalue weighted by Crippen LogP contribution is -2.45. The molecule has 0 unspecified atom stereocenters. The number of nitrogens with two attached hydrogens (primary N) is 1. The van der Waals surface area contributed by atoms with Crippen LogP contribution in [0.5, 0.6) is 0 Å². The van der Waals surface area contributed by atoms with Crippen LogP contribution in [0.25, 0.3) is 33.5 Å². The number of piperidine rings is 1. The number of nitrogens with zero attached hydrogens (tertiary/aromatic N) is 4. The van der Waals surface area contributed by atoms with E-state index >= 15 is 0 Å². The normalized spacial score (nSPS) is 17.1. The maximum atomic E-state index is 14.2. The van der Waals surface area contributed by atoms with Crippen molar-refractivity contribution in [3.05, 3.63) is 53.6 Å². The van der Waals surface area contributed by atoms with E-state index in [9.17, 15) is 18.0 Å². The SMILES string of the molecule is CCn1c(-c2nc3cc(C(=O)N4CCC[C@@H](N)C4)cc(C(F)(F)F)c3n2C)cc2ccccc21. The lowest BCUT2D eigenvalue weighted by atomic mass is 10.0. The minimum Gasteiger partial charge on any atom is -0.338 e. The Morgan fingerprint density at radius 1 is 1.21 bits per heavy atom. The molecule has 0 saturated carbocycles. The number of amides is 1. The number of alkyl halides is 3. The number of fused-ring (bicyclic) bond motifs is 2. The zero-order valence-electron chi connectivity index (χ0n) is 19.1. The molecule has 1 fully saturated rings. The maximum absolute atomic E-state index is 14.2. The summed E-state index contributed by atoms with van der Waals surface area (Å²) in [5, 5.41) is 0.986. The highest BCUT2D eigenvalue weighted by Gasteiger charge is 2.36. The second kappa shape index (κ2) is 8.16. The van der Waals surface area contributed by atoms with Crippen LogP contribution in [0.4, 0.5) is 13.2 Å². The van der Waals surface area contributed by atoms with Crippen molar-refractivity contribution in [2.24, 2.45) is 12.8 Å². The van der Waals surface area contributed by atoms with Crippen LogP contribution in [0.15, 0.2) is 42.5 Å². The molecule has 1 aliphatic heterocycles. The maximum Gasteiger partial charge on any atom is 0.418 e. The molecule has 9 heteroatoms. The van der Waals surface area contributed by atoms with E-state index in [1.165, 1.54) is 15.5 Å². The van der Waals surface area contributed by atoms with Crippen LogP contribution in [0.2, 0.25) is 0 Å². The first-order valence-electron chi connectivity index (χ1n) is 11.4. The molecular formula is C25H26F3N5O. The average molecular weight is 470 g/mol. The van der Waals surface area contributed by atoms with Crippen LogP contribution in [0, 0.1) is 0 Å². The van der Waals surface area contributed by atoms with E-state index < -0.39 is 17.6 Å². The van der Waals surface area contributed by atoms with E-state index in [2.05, 4.69) is 4.98 Å². The molecule has 1 saturated heterocycles. The van der Waals surface area contributed by atoms with Gasteiger partial charge in [-0.2, -0.15) is 13.2 Å². The number of hydrogen-bond acceptors (Lipinski definition) is 3. The van der Waals surface area contributed by atoms with Gasteiger partial charge >= 0.3 is 6.18 Å². The van der Waals surface area contributed by atoms with Crippen LogP contribution in [0.3, 0.4) is 0 Å². The summed E-state index contributed by atoms with van der Waals surface area (Å²) in [5.74, 6) is -0.0273. The van der Waals surface area contributed by atoms with E-state index in [4.69, 9.17) is 5.73 Å². The van der Waals surface area contributed by atoms with Gasteiger partial charge in [-0.3, -0.25) is 4.79 Å². The van der Waals surface area contributed by atoms with Gasteiger partial charge in [-0.25, -0.2) is 4.98 Å². The number of hydrogen-bond donors (Lipinski definition) is 1. The van der Waals surface area contributed by atoms with Crippen molar-refractivity contribution >= 4 is 27.8 Å². The van der Waals surface area contributed by atoms with Crippen molar-refractivity contribution in [3.8, 4) is 11.5 Å². The summed E-state index contributed by atoms with van der Waals surface area (Å²) < 4.78 is 46.0. The third-order valence-electron chi connectivity index (χ3n) is 6.62. The average Bonchev–Trinajstić information content (AvgIpc) is 3.34. The number of carbonyl (C=O) groups is 1. The second-order valence-corrected chi connectivity index (χ2v) is 8.87. The van der Waals surface area contributed by atoms with Gasteiger partial charge in [0.05, 0.1) is 22.3 Å². The second-order valence-electron chi connectivity index (χ2n) is 8.87. The molecule has 2 aromatic carbocycles. The molecule has 5 rings (SSSR count). The molecule has 1 aliphatic rings. The van der Waals surface area contributed by atoms with Crippen molar-refractivity contribution in [2.75, 3.05) is 13.1 Å². The molecule has 2 N–H and O–H groups in total. The van der Waals surface area contributed by atoms with Crippen LogP contribution in [-0.4, -0.2) is 44.1 Å². The van der Waals surface area contributed by atoms with Crippen molar-refractivity contribution in [2.45, 2.75) is 38.5 Å². The van der Waals surface area contributed by atoms with Gasteiger partial charge in [0.2, 0.25) is 0 Å². The van der Waals surface area contributed by atoms with Gasteiger partial charge in [-0.05, 0) is 44.0 Å². The molecule has 0 aliphatic carbocycles. The number of halogens is 3. The molecule has 2 aromatic heterocycles. The highest BCUT2D eigenvalue weighted by molar-refractivity contribution is 5.99. The molecule has 178 valence electrons. The number of rotatable bonds is 3. The lowest BCUT2D eigenvalue weighted by molar-refractivity contribution is -0.136. The highest BCUT2D eigenvalue weighted by Crippen LogP contribution is 2.38. The summed E-state index contributed by atoms with van der Waals surface area (Å²) in [5.41, 5.74) is 6.92. The van der Waals surface area contributed by atoms with Crippen LogP contribution in [-0.2, 0) is 19.8 Å². The van der Waals surface area contributed by atoms with Crippen LogP contribution < -0.4 is 5.73 Å². The van der Waals surface area contributed by atoms with Gasteiger partial charge < -0.3 is 19.8 Å². The van der Waals surface area contributed by atoms with Gasteiger partial charge in [-0.15, -0.1) is 0 Å². The minimum absolute atomic E-state index is 0.0189. The Labute approximate surface area is 194 Å². The number of aromatic nitrogens is 3. The molecule has 0 spiro atoms. The van der Waals surface area contributed by atoms with Gasteiger partial charge in [0.1, 0.15) is 0 Å². The Kier molecular flexibility index (Phi) is 5.39. The Bertz CT molecular complexity index is 1400. The molecule has 0 radical (unpaired) electrons. The van der Waals surface area contributed by atoms with Gasteiger partial charge in [0.15, 0.2) is 5.82 Å². The van der Waals surface area contributed by atoms with E-state index in [1.54, 1.807) is 7.05 Å². The smallest absolute Gasteiger partial charge is 0.338 e. The summed E-state index contributed by atoms with van der Waals surface area (Å²) in [6.07, 6.45) is -3.11. The number of aryl methyl sites for hydroxylation is 2. The van der Waals surface area contributed by atoms with Gasteiger partial charge in [0.25, 0.3) is 5.91 Å². The summed E-state index contributed by atoms with van der Waals surface area (Å²) >= 11 is 0. The fourth-order valence-corrected chi connectivity index (χ4v) is 5.03. The number of para-hydroxylation sites is 1.